The normalized spacial score (nSPS) is 20.0. The minimum absolute atomic E-state index is 0.173. The second-order valence-electron chi connectivity index (χ2n) is 5.85. The average molecular weight is 416 g/mol. The Hall–Kier alpha value is -0.860. The van der Waals surface area contributed by atoms with Gasteiger partial charge in [-0.2, -0.15) is 0 Å². The molecule has 0 amide bonds. The molecule has 124 valence electrons. The van der Waals surface area contributed by atoms with Crippen LogP contribution in [0.1, 0.15) is 17.8 Å². The second-order valence-corrected chi connectivity index (χ2v) is 9.93. The van der Waals surface area contributed by atoms with Gasteiger partial charge in [0.05, 0.1) is 11.5 Å². The van der Waals surface area contributed by atoms with Crippen LogP contribution in [-0.2, 0) is 29.1 Å². The molecule has 1 fully saturated rings. The standard InChI is InChI=1S/C15H18BrN3O2S2/c1-19-14(8-12-6-7-23(20,21)10-12)17-18-15(19)22-9-11-2-4-13(16)5-3-11/h2-5,12H,6-10H2,1H3/t12-/m0/s1. The molecule has 5 nitrogen and oxygen atoms in total. The van der Waals surface area contributed by atoms with Gasteiger partial charge in [-0.1, -0.05) is 39.8 Å². The summed E-state index contributed by atoms with van der Waals surface area (Å²) in [7, 11) is -0.891. The first-order chi connectivity index (χ1) is 10.9. The average Bonchev–Trinajstić information content (AvgIpc) is 3.02. The van der Waals surface area contributed by atoms with E-state index < -0.39 is 9.84 Å². The molecule has 1 aliphatic heterocycles. The summed E-state index contributed by atoms with van der Waals surface area (Å²) in [5.74, 6) is 2.46. The third kappa shape index (κ3) is 4.36. The predicted octanol–water partition coefficient (Wildman–Crippen LogP) is 2.85. The van der Waals surface area contributed by atoms with Crippen LogP contribution in [0.2, 0.25) is 0 Å². The predicted molar refractivity (Wildman–Crippen MR) is 95.2 cm³/mol. The molecule has 1 aliphatic rings. The lowest BCUT2D eigenvalue weighted by Crippen LogP contribution is -2.11. The minimum atomic E-state index is -2.84. The lowest BCUT2D eigenvalue weighted by molar-refractivity contribution is 0.552. The lowest BCUT2D eigenvalue weighted by atomic mass is 10.1. The van der Waals surface area contributed by atoms with Crippen LogP contribution in [0.4, 0.5) is 0 Å². The lowest BCUT2D eigenvalue weighted by Gasteiger charge is -2.07. The fraction of sp³-hybridized carbons (Fsp3) is 0.467. The van der Waals surface area contributed by atoms with Crippen molar-refractivity contribution >= 4 is 37.5 Å². The maximum atomic E-state index is 11.6. The monoisotopic (exact) mass is 415 g/mol. The molecule has 0 spiro atoms. The number of sulfone groups is 1. The van der Waals surface area contributed by atoms with Gasteiger partial charge in [0.25, 0.3) is 0 Å². The van der Waals surface area contributed by atoms with Crippen molar-refractivity contribution in [3.8, 4) is 0 Å². The van der Waals surface area contributed by atoms with Crippen LogP contribution in [0.15, 0.2) is 33.9 Å². The first kappa shape index (κ1) is 17.0. The molecule has 0 unspecified atom stereocenters. The number of hydrogen-bond acceptors (Lipinski definition) is 5. The molecule has 1 aromatic heterocycles. The van der Waals surface area contributed by atoms with Gasteiger partial charge in [0, 0.05) is 23.7 Å². The first-order valence-electron chi connectivity index (χ1n) is 7.39. The van der Waals surface area contributed by atoms with Crippen LogP contribution in [0.25, 0.3) is 0 Å². The topological polar surface area (TPSA) is 64.8 Å². The Bertz CT molecular complexity index is 788. The van der Waals surface area contributed by atoms with Gasteiger partial charge in [0.1, 0.15) is 5.82 Å². The Morgan fingerprint density at radius 2 is 2.04 bits per heavy atom. The van der Waals surface area contributed by atoms with E-state index in [2.05, 4.69) is 38.3 Å². The Balaban J connectivity index is 1.61. The quantitative estimate of drug-likeness (QED) is 0.702. The van der Waals surface area contributed by atoms with Crippen LogP contribution in [0.3, 0.4) is 0 Å². The smallest absolute Gasteiger partial charge is 0.191 e. The van der Waals surface area contributed by atoms with Crippen LogP contribution in [0.5, 0.6) is 0 Å². The SMILES string of the molecule is Cn1c(C[C@@H]2CCS(=O)(=O)C2)nnc1SCc1ccc(Br)cc1. The number of thioether (sulfide) groups is 1. The van der Waals surface area contributed by atoms with Gasteiger partial charge in [-0.3, -0.25) is 0 Å². The molecule has 0 radical (unpaired) electrons. The van der Waals surface area contributed by atoms with Crippen molar-refractivity contribution in [3.05, 3.63) is 40.1 Å². The second kappa shape index (κ2) is 6.94. The first-order valence-corrected chi connectivity index (χ1v) is 11.0. The van der Waals surface area contributed by atoms with E-state index in [4.69, 9.17) is 0 Å². The number of halogens is 1. The van der Waals surface area contributed by atoms with E-state index in [1.54, 1.807) is 11.8 Å². The highest BCUT2D eigenvalue weighted by Gasteiger charge is 2.29. The van der Waals surface area contributed by atoms with Gasteiger partial charge < -0.3 is 4.57 Å². The molecule has 3 rings (SSSR count). The molecule has 0 bridgehead atoms. The largest absolute Gasteiger partial charge is 0.309 e. The van der Waals surface area contributed by atoms with Crippen LogP contribution in [0, 0.1) is 5.92 Å². The number of nitrogens with zero attached hydrogens (tertiary/aromatic N) is 3. The van der Waals surface area contributed by atoms with E-state index in [0.29, 0.717) is 12.2 Å². The molecule has 8 heteroatoms. The van der Waals surface area contributed by atoms with Crippen LogP contribution in [-0.4, -0.2) is 34.7 Å². The van der Waals surface area contributed by atoms with Gasteiger partial charge in [-0.25, -0.2) is 8.42 Å². The van der Waals surface area contributed by atoms with E-state index in [-0.39, 0.29) is 11.7 Å². The highest BCUT2D eigenvalue weighted by molar-refractivity contribution is 9.10. The van der Waals surface area contributed by atoms with Crippen molar-refractivity contribution in [2.24, 2.45) is 13.0 Å². The fourth-order valence-corrected chi connectivity index (χ4v) is 5.68. The summed E-state index contributed by atoms with van der Waals surface area (Å²) in [6.07, 6.45) is 1.41. The van der Waals surface area contributed by atoms with Crippen LogP contribution < -0.4 is 0 Å². The van der Waals surface area contributed by atoms with Crippen molar-refractivity contribution in [1.82, 2.24) is 14.8 Å². The zero-order valence-electron chi connectivity index (χ0n) is 12.8. The molecule has 23 heavy (non-hydrogen) atoms. The summed E-state index contributed by atoms with van der Waals surface area (Å²) >= 11 is 5.07. The minimum Gasteiger partial charge on any atom is -0.309 e. The van der Waals surface area contributed by atoms with Crippen molar-refractivity contribution in [3.63, 3.8) is 0 Å². The molecule has 2 heterocycles. The number of benzene rings is 1. The van der Waals surface area contributed by atoms with Crippen molar-refractivity contribution in [2.45, 2.75) is 23.8 Å². The van der Waals surface area contributed by atoms with Crippen molar-refractivity contribution in [2.75, 3.05) is 11.5 Å². The van der Waals surface area contributed by atoms with Gasteiger partial charge in [0.2, 0.25) is 0 Å². The van der Waals surface area contributed by atoms with Crippen molar-refractivity contribution in [1.29, 1.82) is 0 Å². The highest BCUT2D eigenvalue weighted by atomic mass is 79.9. The summed E-state index contributed by atoms with van der Waals surface area (Å²) in [6, 6.07) is 8.21. The maximum absolute atomic E-state index is 11.6. The van der Waals surface area contributed by atoms with E-state index in [9.17, 15) is 8.42 Å². The zero-order valence-corrected chi connectivity index (χ0v) is 16.0. The molecular weight excluding hydrogens is 398 g/mol. The summed E-state index contributed by atoms with van der Waals surface area (Å²) in [6.45, 7) is 0. The number of rotatable bonds is 5. The molecule has 1 saturated heterocycles. The highest BCUT2D eigenvalue weighted by Crippen LogP contribution is 2.25. The summed E-state index contributed by atoms with van der Waals surface area (Å²) < 4.78 is 26.2. The molecule has 2 aromatic rings. The maximum Gasteiger partial charge on any atom is 0.191 e. The molecule has 0 saturated carbocycles. The van der Waals surface area contributed by atoms with E-state index in [1.165, 1.54) is 5.56 Å². The summed E-state index contributed by atoms with van der Waals surface area (Å²) in [5.41, 5.74) is 1.23. The van der Waals surface area contributed by atoms with Gasteiger partial charge in [-0.15, -0.1) is 10.2 Å². The summed E-state index contributed by atoms with van der Waals surface area (Å²) in [4.78, 5) is 0. The number of hydrogen-bond donors (Lipinski definition) is 0. The van der Waals surface area contributed by atoms with Crippen molar-refractivity contribution < 1.29 is 8.42 Å². The summed E-state index contributed by atoms with van der Waals surface area (Å²) in [5, 5.41) is 9.35. The van der Waals surface area contributed by atoms with E-state index >= 15 is 0 Å². The zero-order chi connectivity index (χ0) is 16.4. The Kier molecular flexibility index (Phi) is 5.13. The van der Waals surface area contributed by atoms with Gasteiger partial charge in [0.15, 0.2) is 15.0 Å². The van der Waals surface area contributed by atoms with Gasteiger partial charge in [-0.05, 0) is 30.0 Å². The fourth-order valence-electron chi connectivity index (χ4n) is 2.67. The Morgan fingerprint density at radius 3 is 2.70 bits per heavy atom. The molecular formula is C15H18BrN3O2S2. The van der Waals surface area contributed by atoms with Crippen LogP contribution >= 0.6 is 27.7 Å². The van der Waals surface area contributed by atoms with Gasteiger partial charge >= 0.3 is 0 Å². The third-order valence-corrected chi connectivity index (χ3v) is 7.46. The molecule has 0 N–H and O–H groups in total. The Morgan fingerprint density at radius 1 is 1.30 bits per heavy atom. The molecule has 1 aromatic carbocycles. The third-order valence-electron chi connectivity index (χ3n) is 4.00. The molecule has 1 atom stereocenters. The molecule has 0 aliphatic carbocycles. The number of aromatic nitrogens is 3. The van der Waals surface area contributed by atoms with E-state index in [1.807, 2.05) is 23.7 Å². The Labute approximate surface area is 148 Å². The van der Waals surface area contributed by atoms with E-state index in [0.717, 1.165) is 27.6 Å².